The van der Waals surface area contributed by atoms with E-state index >= 15 is 0 Å². The zero-order valence-electron chi connectivity index (χ0n) is 9.79. The van der Waals surface area contributed by atoms with E-state index in [2.05, 4.69) is 15.9 Å². The smallest absolute Gasteiger partial charge is 0.147 e. The lowest BCUT2D eigenvalue weighted by Gasteiger charge is -2.13. The number of rotatable bonds is 3. The van der Waals surface area contributed by atoms with Crippen LogP contribution in [0.15, 0.2) is 34.8 Å². The predicted octanol–water partition coefficient (Wildman–Crippen LogP) is 5.84. The molecule has 0 unspecified atom stereocenters. The highest BCUT2D eigenvalue weighted by Gasteiger charge is 2.14. The maximum atomic E-state index is 6.11. The topological polar surface area (TPSA) is 35.2 Å². The molecular formula is C13H7BrCl3NOS. The number of ether oxygens (including phenoxy) is 1. The quantitative estimate of drug-likeness (QED) is 0.509. The molecule has 0 amide bonds. The lowest BCUT2D eigenvalue weighted by molar-refractivity contribution is 0.482. The van der Waals surface area contributed by atoms with Gasteiger partial charge in [-0.05, 0) is 34.1 Å². The van der Waals surface area contributed by atoms with Gasteiger partial charge in [0, 0.05) is 10.5 Å². The van der Waals surface area contributed by atoms with Crippen molar-refractivity contribution in [2.24, 2.45) is 5.73 Å². The van der Waals surface area contributed by atoms with E-state index in [1.54, 1.807) is 30.3 Å². The summed E-state index contributed by atoms with van der Waals surface area (Å²) in [6.45, 7) is 0. The normalized spacial score (nSPS) is 10.4. The third-order valence-electron chi connectivity index (χ3n) is 2.42. The highest BCUT2D eigenvalue weighted by Crippen LogP contribution is 2.38. The second-order valence-corrected chi connectivity index (χ2v) is 6.29. The van der Waals surface area contributed by atoms with Gasteiger partial charge in [-0.1, -0.05) is 53.1 Å². The van der Waals surface area contributed by atoms with Crippen molar-refractivity contribution in [1.82, 2.24) is 0 Å². The standard InChI is InChI=1S/C13H7BrCl3NOS/c14-6-4-9(17)11(5-8(6)16)19-10-3-1-2-7(15)12(10)13(18)20/h1-5H,(H2,18,20). The van der Waals surface area contributed by atoms with Gasteiger partial charge >= 0.3 is 0 Å². The largest absolute Gasteiger partial charge is 0.455 e. The Morgan fingerprint density at radius 1 is 1.05 bits per heavy atom. The highest BCUT2D eigenvalue weighted by atomic mass is 79.9. The van der Waals surface area contributed by atoms with Crippen LogP contribution in [0.4, 0.5) is 0 Å². The van der Waals surface area contributed by atoms with E-state index < -0.39 is 0 Å². The second kappa shape index (κ2) is 6.50. The summed E-state index contributed by atoms with van der Waals surface area (Å²) in [5.74, 6) is 0.810. The number of hydrogen-bond acceptors (Lipinski definition) is 2. The van der Waals surface area contributed by atoms with Gasteiger partial charge in [-0.3, -0.25) is 0 Å². The zero-order chi connectivity index (χ0) is 14.9. The summed E-state index contributed by atoms with van der Waals surface area (Å²) in [4.78, 5) is 0.143. The summed E-state index contributed by atoms with van der Waals surface area (Å²) in [5, 5.41) is 1.28. The first kappa shape index (κ1) is 15.9. The Bertz CT molecular complexity index is 694. The van der Waals surface area contributed by atoms with Gasteiger partial charge in [-0.15, -0.1) is 0 Å². The SMILES string of the molecule is NC(=S)c1c(Cl)cccc1Oc1cc(Cl)c(Br)cc1Cl. The van der Waals surface area contributed by atoms with E-state index in [1.807, 2.05) is 0 Å². The first-order valence-electron chi connectivity index (χ1n) is 5.31. The predicted molar refractivity (Wildman–Crippen MR) is 91.6 cm³/mol. The molecule has 0 saturated heterocycles. The van der Waals surface area contributed by atoms with Crippen molar-refractivity contribution >= 4 is 67.9 Å². The van der Waals surface area contributed by atoms with Crippen LogP contribution < -0.4 is 10.5 Å². The van der Waals surface area contributed by atoms with Gasteiger partial charge in [-0.25, -0.2) is 0 Å². The molecule has 2 N–H and O–H groups in total. The number of nitrogens with two attached hydrogens (primary N) is 1. The Hall–Kier alpha value is -0.520. The number of halogens is 4. The highest BCUT2D eigenvalue weighted by molar-refractivity contribution is 9.10. The number of benzene rings is 2. The van der Waals surface area contributed by atoms with E-state index in [0.717, 1.165) is 0 Å². The molecule has 20 heavy (non-hydrogen) atoms. The van der Waals surface area contributed by atoms with E-state index in [-0.39, 0.29) is 4.99 Å². The maximum absolute atomic E-state index is 6.11. The minimum atomic E-state index is 0.143. The van der Waals surface area contributed by atoms with Gasteiger partial charge in [0.2, 0.25) is 0 Å². The molecule has 0 aliphatic rings. The Balaban J connectivity index is 2.48. The molecule has 0 aromatic heterocycles. The summed E-state index contributed by atoms with van der Waals surface area (Å²) in [5.41, 5.74) is 6.12. The third-order valence-corrected chi connectivity index (χ3v) is 4.43. The zero-order valence-corrected chi connectivity index (χ0v) is 14.5. The molecule has 0 aliphatic carbocycles. The first-order valence-corrected chi connectivity index (χ1v) is 7.64. The van der Waals surface area contributed by atoms with E-state index in [1.165, 1.54) is 0 Å². The van der Waals surface area contributed by atoms with Crippen LogP contribution >= 0.6 is 63.0 Å². The Labute approximate surface area is 144 Å². The average molecular weight is 412 g/mol. The van der Waals surface area contributed by atoms with E-state index in [4.69, 9.17) is 57.5 Å². The van der Waals surface area contributed by atoms with E-state index in [0.29, 0.717) is 36.6 Å². The van der Waals surface area contributed by atoms with Crippen LogP contribution in [0.1, 0.15) is 5.56 Å². The van der Waals surface area contributed by atoms with Gasteiger partial charge in [-0.2, -0.15) is 0 Å². The van der Waals surface area contributed by atoms with Crippen molar-refractivity contribution in [2.75, 3.05) is 0 Å². The maximum Gasteiger partial charge on any atom is 0.147 e. The summed E-state index contributed by atoms with van der Waals surface area (Å²) in [6.07, 6.45) is 0. The molecule has 0 aliphatic heterocycles. The number of hydrogen-bond donors (Lipinski definition) is 1. The molecule has 0 saturated carbocycles. The molecule has 0 heterocycles. The van der Waals surface area contributed by atoms with Crippen LogP contribution in [0.5, 0.6) is 11.5 Å². The fourth-order valence-electron chi connectivity index (χ4n) is 1.53. The molecule has 0 bridgehead atoms. The molecule has 2 aromatic rings. The molecule has 0 radical (unpaired) electrons. The Morgan fingerprint density at radius 2 is 1.75 bits per heavy atom. The molecule has 0 atom stereocenters. The molecule has 2 rings (SSSR count). The van der Waals surface area contributed by atoms with Crippen LogP contribution in [-0.2, 0) is 0 Å². The average Bonchev–Trinajstić information content (AvgIpc) is 2.35. The molecule has 104 valence electrons. The van der Waals surface area contributed by atoms with Crippen LogP contribution in [0.25, 0.3) is 0 Å². The van der Waals surface area contributed by atoms with Crippen molar-refractivity contribution in [3.05, 3.63) is 55.4 Å². The fourth-order valence-corrected chi connectivity index (χ4v) is 2.89. The fraction of sp³-hybridized carbons (Fsp3) is 0. The van der Waals surface area contributed by atoms with Crippen LogP contribution in [0.3, 0.4) is 0 Å². The number of thiocarbonyl (C=S) groups is 1. The van der Waals surface area contributed by atoms with Crippen molar-refractivity contribution < 1.29 is 4.74 Å². The summed E-state index contributed by atoms with van der Waals surface area (Å²) >= 11 is 26.5. The first-order chi connectivity index (χ1) is 9.40. The Kier molecular flexibility index (Phi) is 5.15. The van der Waals surface area contributed by atoms with Crippen molar-refractivity contribution in [2.45, 2.75) is 0 Å². The minimum Gasteiger partial charge on any atom is -0.455 e. The lowest BCUT2D eigenvalue weighted by Crippen LogP contribution is -2.11. The second-order valence-electron chi connectivity index (χ2n) is 3.78. The lowest BCUT2D eigenvalue weighted by atomic mass is 10.2. The Morgan fingerprint density at radius 3 is 2.40 bits per heavy atom. The van der Waals surface area contributed by atoms with Gasteiger partial charge in [0.25, 0.3) is 0 Å². The third kappa shape index (κ3) is 3.38. The molecule has 2 aromatic carbocycles. The van der Waals surface area contributed by atoms with Gasteiger partial charge in [0.05, 0.1) is 20.6 Å². The molecule has 2 nitrogen and oxygen atoms in total. The van der Waals surface area contributed by atoms with E-state index in [9.17, 15) is 0 Å². The molecular weight excluding hydrogens is 404 g/mol. The van der Waals surface area contributed by atoms with Crippen molar-refractivity contribution in [3.63, 3.8) is 0 Å². The van der Waals surface area contributed by atoms with Crippen LogP contribution in [0, 0.1) is 0 Å². The molecule has 0 spiro atoms. The van der Waals surface area contributed by atoms with Crippen molar-refractivity contribution in [1.29, 1.82) is 0 Å². The summed E-state index contributed by atoms with van der Waals surface area (Å²) in [6, 6.07) is 8.35. The summed E-state index contributed by atoms with van der Waals surface area (Å²) < 4.78 is 6.41. The molecule has 7 heteroatoms. The van der Waals surface area contributed by atoms with Crippen LogP contribution in [0.2, 0.25) is 15.1 Å². The van der Waals surface area contributed by atoms with Gasteiger partial charge < -0.3 is 10.5 Å². The minimum absolute atomic E-state index is 0.143. The summed E-state index contributed by atoms with van der Waals surface area (Å²) in [7, 11) is 0. The van der Waals surface area contributed by atoms with Gasteiger partial charge in [0.15, 0.2) is 0 Å². The molecule has 0 fully saturated rings. The monoisotopic (exact) mass is 409 g/mol. The van der Waals surface area contributed by atoms with Crippen molar-refractivity contribution in [3.8, 4) is 11.5 Å². The van der Waals surface area contributed by atoms with Gasteiger partial charge in [0.1, 0.15) is 16.5 Å². The van der Waals surface area contributed by atoms with Crippen LogP contribution in [-0.4, -0.2) is 4.99 Å².